The van der Waals surface area contributed by atoms with Gasteiger partial charge in [-0.3, -0.25) is 14.5 Å². The van der Waals surface area contributed by atoms with Gasteiger partial charge in [-0.1, -0.05) is 18.2 Å². The number of hydrogen-bond donors (Lipinski definition) is 2. The van der Waals surface area contributed by atoms with Gasteiger partial charge in [0, 0.05) is 23.7 Å². The minimum absolute atomic E-state index is 0.0427. The number of anilines is 1. The summed E-state index contributed by atoms with van der Waals surface area (Å²) < 4.78 is 5.27. The maximum absolute atomic E-state index is 12.8. The molecule has 0 radical (unpaired) electrons. The van der Waals surface area contributed by atoms with Crippen molar-refractivity contribution in [3.8, 4) is 5.75 Å². The quantitative estimate of drug-likeness (QED) is 0.701. The fraction of sp³-hybridized carbons (Fsp3) is 0.417. The number of amides is 2. The van der Waals surface area contributed by atoms with Gasteiger partial charge in [-0.2, -0.15) is 0 Å². The van der Waals surface area contributed by atoms with Crippen LogP contribution in [-0.4, -0.2) is 43.5 Å². The molecule has 0 bridgehead atoms. The van der Waals surface area contributed by atoms with Gasteiger partial charge in [0.2, 0.25) is 5.91 Å². The molecule has 4 rings (SSSR count). The van der Waals surface area contributed by atoms with Crippen molar-refractivity contribution in [3.05, 3.63) is 59.7 Å². The summed E-state index contributed by atoms with van der Waals surface area (Å²) in [6.07, 6.45) is 4.27. The molecule has 2 aromatic rings. The summed E-state index contributed by atoms with van der Waals surface area (Å²) in [7, 11) is 1.66. The first kappa shape index (κ1) is 20.4. The molecule has 1 aliphatic carbocycles. The van der Waals surface area contributed by atoms with Gasteiger partial charge in [0.25, 0.3) is 5.91 Å². The highest BCUT2D eigenvalue weighted by molar-refractivity contribution is 5.98. The SMILES string of the molecule is COc1ccc(C(CNC(=O)c2cccc(NC(=O)C3CC3)c2)N2CCCC2)cc1. The van der Waals surface area contributed by atoms with Crippen LogP contribution in [0.5, 0.6) is 5.75 Å². The second kappa shape index (κ2) is 9.30. The van der Waals surface area contributed by atoms with Gasteiger partial charge >= 0.3 is 0 Å². The predicted molar refractivity (Wildman–Crippen MR) is 117 cm³/mol. The Morgan fingerprint density at radius 2 is 1.83 bits per heavy atom. The molecule has 0 spiro atoms. The standard InChI is InChI=1S/C24H29N3O3/c1-30-21-11-9-17(10-12-21)22(27-13-2-3-14-27)16-25-23(28)19-5-4-6-20(15-19)26-24(29)18-7-8-18/h4-6,9-12,15,18,22H,2-3,7-8,13-14,16H2,1H3,(H,25,28)(H,26,29). The molecule has 0 aromatic heterocycles. The Labute approximate surface area is 177 Å². The van der Waals surface area contributed by atoms with E-state index in [9.17, 15) is 9.59 Å². The number of methoxy groups -OCH3 is 1. The second-order valence-electron chi connectivity index (χ2n) is 8.09. The number of carbonyl (C=O) groups is 2. The molecule has 1 atom stereocenters. The van der Waals surface area contributed by atoms with Crippen molar-refractivity contribution in [1.29, 1.82) is 0 Å². The zero-order valence-corrected chi connectivity index (χ0v) is 17.4. The maximum Gasteiger partial charge on any atom is 0.251 e. The first-order valence-corrected chi connectivity index (χ1v) is 10.7. The Morgan fingerprint density at radius 3 is 2.50 bits per heavy atom. The highest BCUT2D eigenvalue weighted by atomic mass is 16.5. The number of rotatable bonds is 8. The molecule has 1 saturated heterocycles. The summed E-state index contributed by atoms with van der Waals surface area (Å²) in [5.74, 6) is 0.873. The minimum Gasteiger partial charge on any atom is -0.497 e. The van der Waals surface area contributed by atoms with Crippen LogP contribution >= 0.6 is 0 Å². The van der Waals surface area contributed by atoms with E-state index in [1.165, 1.54) is 18.4 Å². The smallest absolute Gasteiger partial charge is 0.251 e. The third-order valence-corrected chi connectivity index (χ3v) is 5.88. The van der Waals surface area contributed by atoms with Crippen LogP contribution in [0, 0.1) is 5.92 Å². The van der Waals surface area contributed by atoms with Crippen molar-refractivity contribution in [2.75, 3.05) is 32.1 Å². The van der Waals surface area contributed by atoms with E-state index in [1.54, 1.807) is 25.3 Å². The first-order valence-electron chi connectivity index (χ1n) is 10.7. The van der Waals surface area contributed by atoms with Gasteiger partial charge in [0.1, 0.15) is 5.75 Å². The van der Waals surface area contributed by atoms with E-state index in [4.69, 9.17) is 4.74 Å². The Morgan fingerprint density at radius 1 is 1.10 bits per heavy atom. The molecule has 1 saturated carbocycles. The lowest BCUT2D eigenvalue weighted by atomic mass is 10.0. The lowest BCUT2D eigenvalue weighted by Crippen LogP contribution is -2.36. The Kier molecular flexibility index (Phi) is 6.33. The molecule has 6 heteroatoms. The third kappa shape index (κ3) is 5.00. The van der Waals surface area contributed by atoms with Crippen LogP contribution in [0.3, 0.4) is 0 Å². The molecule has 2 aliphatic rings. The Bertz CT molecular complexity index is 887. The molecule has 2 N–H and O–H groups in total. The van der Waals surface area contributed by atoms with Gasteiger partial charge in [-0.05, 0) is 74.7 Å². The number of carbonyl (C=O) groups excluding carboxylic acids is 2. The highest BCUT2D eigenvalue weighted by Gasteiger charge is 2.29. The fourth-order valence-electron chi connectivity index (χ4n) is 3.96. The van der Waals surface area contributed by atoms with E-state index in [-0.39, 0.29) is 23.8 Å². The monoisotopic (exact) mass is 407 g/mol. The topological polar surface area (TPSA) is 70.7 Å². The average molecular weight is 408 g/mol. The van der Waals surface area contributed by atoms with Crippen LogP contribution in [0.1, 0.15) is 47.6 Å². The molecule has 1 unspecified atom stereocenters. The summed E-state index contributed by atoms with van der Waals surface area (Å²) in [6, 6.07) is 15.3. The second-order valence-corrected chi connectivity index (χ2v) is 8.09. The van der Waals surface area contributed by atoms with Gasteiger partial charge in [-0.25, -0.2) is 0 Å². The van der Waals surface area contributed by atoms with Gasteiger partial charge < -0.3 is 15.4 Å². The summed E-state index contributed by atoms with van der Waals surface area (Å²) in [4.78, 5) is 27.2. The maximum atomic E-state index is 12.8. The van der Waals surface area contributed by atoms with Crippen molar-refractivity contribution in [1.82, 2.24) is 10.2 Å². The summed E-state index contributed by atoms with van der Waals surface area (Å²) in [6.45, 7) is 2.61. The van der Waals surface area contributed by atoms with Gasteiger partial charge in [0.05, 0.1) is 13.2 Å². The van der Waals surface area contributed by atoms with Crippen LogP contribution in [0.4, 0.5) is 5.69 Å². The number of likely N-dealkylation sites (tertiary alicyclic amines) is 1. The largest absolute Gasteiger partial charge is 0.497 e. The van der Waals surface area contributed by atoms with Crippen LogP contribution in [0.2, 0.25) is 0 Å². The first-order chi connectivity index (χ1) is 14.6. The Hall–Kier alpha value is -2.86. The molecule has 158 valence electrons. The molecule has 6 nitrogen and oxygen atoms in total. The average Bonchev–Trinajstić information content (AvgIpc) is 3.50. The van der Waals surface area contributed by atoms with Gasteiger partial charge in [0.15, 0.2) is 0 Å². The molecule has 30 heavy (non-hydrogen) atoms. The summed E-state index contributed by atoms with van der Waals surface area (Å²) in [5.41, 5.74) is 2.40. The van der Waals surface area contributed by atoms with Crippen molar-refractivity contribution >= 4 is 17.5 Å². The number of hydrogen-bond acceptors (Lipinski definition) is 4. The molecule has 2 fully saturated rings. The third-order valence-electron chi connectivity index (χ3n) is 5.88. The van der Waals surface area contributed by atoms with E-state index in [0.29, 0.717) is 17.8 Å². The molecule has 2 amide bonds. The fourth-order valence-corrected chi connectivity index (χ4v) is 3.96. The van der Waals surface area contributed by atoms with E-state index >= 15 is 0 Å². The highest BCUT2D eigenvalue weighted by Crippen LogP contribution is 2.30. The molecular formula is C24H29N3O3. The van der Waals surface area contributed by atoms with Crippen molar-refractivity contribution in [2.45, 2.75) is 31.7 Å². The number of ether oxygens (including phenoxy) is 1. The van der Waals surface area contributed by atoms with Crippen LogP contribution in [0.15, 0.2) is 48.5 Å². The predicted octanol–water partition coefficient (Wildman–Crippen LogP) is 3.61. The van der Waals surface area contributed by atoms with Crippen LogP contribution in [0.25, 0.3) is 0 Å². The van der Waals surface area contributed by atoms with E-state index in [1.807, 2.05) is 18.2 Å². The zero-order valence-electron chi connectivity index (χ0n) is 17.4. The van der Waals surface area contributed by atoms with Crippen molar-refractivity contribution in [3.63, 3.8) is 0 Å². The van der Waals surface area contributed by atoms with Crippen molar-refractivity contribution in [2.24, 2.45) is 5.92 Å². The minimum atomic E-state index is -0.129. The van der Waals surface area contributed by atoms with Crippen LogP contribution in [-0.2, 0) is 4.79 Å². The van der Waals surface area contributed by atoms with Crippen molar-refractivity contribution < 1.29 is 14.3 Å². The number of nitrogens with zero attached hydrogens (tertiary/aromatic N) is 1. The van der Waals surface area contributed by atoms with E-state index in [0.717, 1.165) is 31.7 Å². The molecule has 1 heterocycles. The summed E-state index contributed by atoms with van der Waals surface area (Å²) >= 11 is 0. The number of benzene rings is 2. The van der Waals surface area contributed by atoms with E-state index < -0.39 is 0 Å². The van der Waals surface area contributed by atoms with Gasteiger partial charge in [-0.15, -0.1) is 0 Å². The zero-order chi connectivity index (χ0) is 20.9. The van der Waals surface area contributed by atoms with E-state index in [2.05, 4.69) is 27.7 Å². The Balaban J connectivity index is 1.42. The molecule has 2 aromatic carbocycles. The lowest BCUT2D eigenvalue weighted by molar-refractivity contribution is -0.117. The van der Waals surface area contributed by atoms with Crippen LogP contribution < -0.4 is 15.4 Å². The lowest BCUT2D eigenvalue weighted by Gasteiger charge is -2.28. The number of nitrogens with one attached hydrogen (secondary N) is 2. The molecular weight excluding hydrogens is 378 g/mol. The summed E-state index contributed by atoms with van der Waals surface area (Å²) in [5, 5.41) is 6.00. The molecule has 1 aliphatic heterocycles. The normalized spacial score (nSPS) is 17.4.